The number of Topliss-reactive ketones (excluding diaryl/α,β-unsaturated/α-hetero) is 1. The minimum Gasteiger partial charge on any atom is -0.870 e. The number of hydrogen-bond acceptors (Lipinski definition) is 20. The number of ketones is 1. The Bertz CT molecular complexity index is 3140. The summed E-state index contributed by atoms with van der Waals surface area (Å²) in [5.41, 5.74) is 12.7. The molecule has 0 unspecified atom stereocenters. The molecule has 6 aromatic heterocycles. The quantitative estimate of drug-likeness (QED) is 0.0650. The van der Waals surface area contributed by atoms with Crippen LogP contribution >= 0.6 is 12.4 Å². The molecule has 0 amide bonds. The second-order valence-electron chi connectivity index (χ2n) is 20.0. The van der Waals surface area contributed by atoms with Gasteiger partial charge in [-0.1, -0.05) is 89.0 Å². The van der Waals surface area contributed by atoms with Crippen molar-refractivity contribution in [3.05, 3.63) is 119 Å². The monoisotopic (exact) mass is 1070 g/mol. The second kappa shape index (κ2) is 26.6. The molecule has 390 valence electrons. The van der Waals surface area contributed by atoms with Crippen LogP contribution in [0.5, 0.6) is 0 Å². The Morgan fingerprint density at radius 1 is 0.693 bits per heavy atom. The number of hydrogen-bond donors (Lipinski definition) is 3. The van der Waals surface area contributed by atoms with Gasteiger partial charge in [0, 0.05) is 73.0 Å². The van der Waals surface area contributed by atoms with Gasteiger partial charge in [-0.25, -0.2) is 24.9 Å². The number of aromatic nitrogens is 14. The first-order chi connectivity index (χ1) is 34.5. The molecule has 0 bridgehead atoms. The summed E-state index contributed by atoms with van der Waals surface area (Å²) in [6.45, 7) is 11.7. The van der Waals surface area contributed by atoms with Crippen molar-refractivity contribution in [2.45, 2.75) is 122 Å². The van der Waals surface area contributed by atoms with Crippen molar-refractivity contribution >= 4 is 48.0 Å². The van der Waals surface area contributed by atoms with Gasteiger partial charge in [-0.2, -0.15) is 31.4 Å². The molecule has 0 fully saturated rings. The van der Waals surface area contributed by atoms with E-state index < -0.39 is 0 Å². The summed E-state index contributed by atoms with van der Waals surface area (Å²) in [6.07, 6.45) is 17.1. The van der Waals surface area contributed by atoms with Crippen molar-refractivity contribution in [3.63, 3.8) is 0 Å². The van der Waals surface area contributed by atoms with E-state index in [9.17, 15) is 9.59 Å². The van der Waals surface area contributed by atoms with Crippen LogP contribution in [0.25, 0.3) is 22.8 Å². The average molecular weight is 1070 g/mol. The number of benzene rings is 2. The molecule has 0 spiro atoms. The number of nitrogens with zero attached hydrogens (tertiary/aromatic N) is 14. The number of halogens is 1. The summed E-state index contributed by atoms with van der Waals surface area (Å²) < 4.78 is 13.6. The zero-order chi connectivity index (χ0) is 51.0. The van der Waals surface area contributed by atoms with Gasteiger partial charge in [-0.3, -0.25) is 14.2 Å². The number of nitrogens with one attached hydrogen (secondary N) is 2. The molecule has 75 heavy (non-hydrogen) atoms. The largest absolute Gasteiger partial charge is 1.00 e. The third-order valence-electron chi connectivity index (χ3n) is 12.1. The fourth-order valence-corrected chi connectivity index (χ4v) is 8.30. The van der Waals surface area contributed by atoms with E-state index in [1.807, 2.05) is 92.3 Å². The standard InChI is InChI=1S/C26H30N8O2.C18H21N7.C7H9N2O2.ClH.K.H2O/c1-26(2,3)24-30-23(33-36-24)20(35)14-17-8-6-5-7-16-13-18(9-10-19(16)17)22-27-15-28-25(31-22)29-21-11-12-34(4)32-21;1-25-9-8-16(24-25)22-18-21-11-20-17(23-18)13-6-7-14-12(10-13)4-2-3-5-15(14)19;1-7(2,3)6-8-5(4-10)9-11-6;;;/h9-13,15,17H,5-8,14H2,1-4H3,(H,27,28,29,31,32);6-11,15H,2-5,19H2,1H3,(H,20,21,22,23,24);1-3H3;1H;;1H2/q;;-1;;+1;/p-1/t17-;15-;;;;/m01..../s1. The molecular weight excluding hydrogens is 1010 g/mol. The van der Waals surface area contributed by atoms with Gasteiger partial charge in [-0.05, 0) is 78.8 Å². The van der Waals surface area contributed by atoms with Crippen LogP contribution < -0.4 is 67.8 Å². The molecule has 6 heterocycles. The summed E-state index contributed by atoms with van der Waals surface area (Å²) in [7, 11) is 3.72. The van der Waals surface area contributed by atoms with Crippen LogP contribution in [-0.2, 0) is 42.6 Å². The number of fused-ring (bicyclic) bond motifs is 2. The minimum atomic E-state index is -0.293. The Morgan fingerprint density at radius 3 is 1.68 bits per heavy atom. The number of nitrogens with two attached hydrogens (primary N) is 1. The summed E-state index contributed by atoms with van der Waals surface area (Å²) in [5, 5.41) is 22.1. The molecule has 2 aliphatic carbocycles. The Labute approximate surface area is 483 Å². The summed E-state index contributed by atoms with van der Waals surface area (Å²) >= 11 is 0. The SMILES string of the molecule is CC(C)(C)c1nc([C-]=O)no1.Cl.Cn1ccc(Nc2ncnc(-c3ccc4c(c3)CCCC[C@H]4CC(=O)c3noc(C(C)(C)C)n3)n2)n1.Cn1ccc(Nc2ncnc(-c3ccc4c(c3)CCCC[C@H]4N)n2)n1.[K+].[OH-]. The van der Waals surface area contributed by atoms with Crippen molar-refractivity contribution in [3.8, 4) is 22.8 Å². The molecule has 0 radical (unpaired) electrons. The number of rotatable bonds is 10. The van der Waals surface area contributed by atoms with Crippen molar-refractivity contribution in [2.24, 2.45) is 19.8 Å². The molecule has 0 aliphatic heterocycles. The Hall–Kier alpha value is -6.05. The van der Waals surface area contributed by atoms with Crippen LogP contribution in [0.15, 0.2) is 82.6 Å². The van der Waals surface area contributed by atoms with Gasteiger partial charge in [0.05, 0.1) is 5.82 Å². The van der Waals surface area contributed by atoms with E-state index in [1.54, 1.807) is 15.6 Å². The maximum atomic E-state index is 13.0. The summed E-state index contributed by atoms with van der Waals surface area (Å²) in [4.78, 5) is 57.5. The average Bonchev–Trinajstić information content (AvgIpc) is 4.18. The first-order valence-electron chi connectivity index (χ1n) is 24.0. The van der Waals surface area contributed by atoms with E-state index in [-0.39, 0.29) is 109 Å². The Morgan fingerprint density at radius 2 is 1.20 bits per heavy atom. The maximum absolute atomic E-state index is 13.0. The Balaban J connectivity index is 0.000000231. The van der Waals surface area contributed by atoms with E-state index in [2.05, 4.69) is 95.3 Å². The molecule has 24 heteroatoms. The van der Waals surface area contributed by atoms with Gasteiger partial charge < -0.3 is 35.7 Å². The van der Waals surface area contributed by atoms with E-state index in [0.29, 0.717) is 53.4 Å². The van der Waals surface area contributed by atoms with Gasteiger partial charge >= 0.3 is 51.4 Å². The third kappa shape index (κ3) is 16.0. The van der Waals surface area contributed by atoms with Crippen LogP contribution in [-0.4, -0.2) is 87.3 Å². The van der Waals surface area contributed by atoms with Crippen molar-refractivity contribution in [2.75, 3.05) is 10.6 Å². The molecule has 0 saturated heterocycles. The van der Waals surface area contributed by atoms with Crippen LogP contribution in [0.2, 0.25) is 0 Å². The first-order valence-corrected chi connectivity index (χ1v) is 24.0. The zero-order valence-electron chi connectivity index (χ0n) is 43.8. The molecule has 22 nitrogen and oxygen atoms in total. The van der Waals surface area contributed by atoms with Crippen LogP contribution in [0.4, 0.5) is 23.5 Å². The minimum absolute atomic E-state index is 0. The van der Waals surface area contributed by atoms with Gasteiger partial charge in [-0.15, -0.1) is 12.4 Å². The molecule has 2 aromatic carbocycles. The molecule has 8 aromatic rings. The van der Waals surface area contributed by atoms with Crippen LogP contribution in [0, 0.1) is 0 Å². The number of anilines is 4. The predicted molar refractivity (Wildman–Crippen MR) is 277 cm³/mol. The van der Waals surface area contributed by atoms with Gasteiger partial charge in [0.15, 0.2) is 23.3 Å². The summed E-state index contributed by atoms with van der Waals surface area (Å²) in [5.74, 6) is 4.63. The van der Waals surface area contributed by atoms with E-state index in [0.717, 1.165) is 49.7 Å². The molecular formula is C51H62ClKN17O5-. The number of carbonyl (C=O) groups is 1. The molecule has 0 saturated carbocycles. The second-order valence-corrected chi connectivity index (χ2v) is 20.0. The summed E-state index contributed by atoms with van der Waals surface area (Å²) in [6, 6.07) is 16.5. The fraction of sp³-hybridized carbons (Fsp3) is 0.412. The molecule has 10 rings (SSSR count). The van der Waals surface area contributed by atoms with E-state index >= 15 is 0 Å². The molecule has 2 atom stereocenters. The topological polar surface area (TPSA) is 305 Å². The Kier molecular flexibility index (Phi) is 21.2. The van der Waals surface area contributed by atoms with Crippen LogP contribution in [0.1, 0.15) is 149 Å². The van der Waals surface area contributed by atoms with Gasteiger partial charge in [0.1, 0.15) is 12.7 Å². The number of aryl methyl sites for hydroxylation is 4. The van der Waals surface area contributed by atoms with Gasteiger partial charge in [0.25, 0.3) is 0 Å². The van der Waals surface area contributed by atoms with Crippen molar-refractivity contribution in [1.82, 2.24) is 69.7 Å². The van der Waals surface area contributed by atoms with E-state index in [4.69, 9.17) is 14.8 Å². The smallest absolute Gasteiger partial charge is 0.870 e. The van der Waals surface area contributed by atoms with Crippen LogP contribution in [0.3, 0.4) is 0 Å². The van der Waals surface area contributed by atoms with Gasteiger partial charge in [0.2, 0.25) is 35.3 Å². The molecule has 5 N–H and O–H groups in total. The van der Waals surface area contributed by atoms with Crippen molar-refractivity contribution < 1.29 is 75.5 Å². The van der Waals surface area contributed by atoms with Crippen molar-refractivity contribution in [1.29, 1.82) is 0 Å². The molecule has 2 aliphatic rings. The zero-order valence-corrected chi connectivity index (χ0v) is 47.7. The normalized spacial score (nSPS) is 14.9. The maximum Gasteiger partial charge on any atom is 1.00 e. The fourth-order valence-electron chi connectivity index (χ4n) is 8.30. The predicted octanol–water partition coefficient (Wildman–Crippen LogP) is 5.60. The third-order valence-corrected chi connectivity index (χ3v) is 12.1. The van der Waals surface area contributed by atoms with E-state index in [1.165, 1.54) is 47.8 Å². The first kappa shape index (κ1) is 59.8. The number of carbonyl (C=O) groups excluding carboxylic acids is 2.